The van der Waals surface area contributed by atoms with E-state index in [1.807, 2.05) is 24.3 Å². The zero-order chi connectivity index (χ0) is 13.0. The first-order valence-corrected chi connectivity index (χ1v) is 6.21. The molecule has 0 aliphatic carbocycles. The number of halogens is 1. The lowest BCUT2D eigenvalue weighted by Crippen LogP contribution is -2.04. The first kappa shape index (κ1) is 12.8. The Kier molecular flexibility index (Phi) is 4.11. The SMILES string of the molecule is CCc1cccc(C(O)Cc2ccccc2F)c1. The average Bonchev–Trinajstić information content (AvgIpc) is 2.41. The fourth-order valence-electron chi connectivity index (χ4n) is 2.01. The summed E-state index contributed by atoms with van der Waals surface area (Å²) in [5.74, 6) is -0.261. The zero-order valence-corrected chi connectivity index (χ0v) is 10.4. The number of hydrogen-bond acceptors (Lipinski definition) is 1. The highest BCUT2D eigenvalue weighted by Crippen LogP contribution is 2.21. The fourth-order valence-corrected chi connectivity index (χ4v) is 2.01. The Hall–Kier alpha value is -1.67. The molecule has 0 spiro atoms. The molecule has 1 atom stereocenters. The molecule has 0 aliphatic heterocycles. The zero-order valence-electron chi connectivity index (χ0n) is 10.4. The van der Waals surface area contributed by atoms with Crippen LogP contribution in [0.5, 0.6) is 0 Å². The number of rotatable bonds is 4. The van der Waals surface area contributed by atoms with Crippen LogP contribution in [0.25, 0.3) is 0 Å². The lowest BCUT2D eigenvalue weighted by atomic mass is 9.99. The largest absolute Gasteiger partial charge is 0.388 e. The Balaban J connectivity index is 2.16. The maximum atomic E-state index is 13.5. The first-order valence-electron chi connectivity index (χ1n) is 6.21. The molecule has 2 rings (SSSR count). The predicted molar refractivity (Wildman–Crippen MR) is 70.9 cm³/mol. The highest BCUT2D eigenvalue weighted by atomic mass is 19.1. The summed E-state index contributed by atoms with van der Waals surface area (Å²) in [6.45, 7) is 2.07. The van der Waals surface area contributed by atoms with Gasteiger partial charge in [0.05, 0.1) is 6.10 Å². The maximum Gasteiger partial charge on any atom is 0.126 e. The van der Waals surface area contributed by atoms with Crippen molar-refractivity contribution in [1.29, 1.82) is 0 Å². The Labute approximate surface area is 107 Å². The van der Waals surface area contributed by atoms with Crippen molar-refractivity contribution in [3.05, 3.63) is 71.0 Å². The molecule has 2 aromatic carbocycles. The van der Waals surface area contributed by atoms with Gasteiger partial charge in [0.2, 0.25) is 0 Å². The van der Waals surface area contributed by atoms with E-state index >= 15 is 0 Å². The number of aliphatic hydroxyl groups excluding tert-OH is 1. The number of hydrogen-bond donors (Lipinski definition) is 1. The van der Waals surface area contributed by atoms with E-state index in [2.05, 4.69) is 6.92 Å². The predicted octanol–water partition coefficient (Wildman–Crippen LogP) is 3.66. The van der Waals surface area contributed by atoms with Gasteiger partial charge in [-0.15, -0.1) is 0 Å². The molecule has 0 saturated heterocycles. The second kappa shape index (κ2) is 5.78. The molecule has 0 bridgehead atoms. The van der Waals surface area contributed by atoms with E-state index in [1.54, 1.807) is 18.2 Å². The Bertz CT molecular complexity index is 522. The molecule has 0 saturated carbocycles. The van der Waals surface area contributed by atoms with Gasteiger partial charge in [-0.1, -0.05) is 49.4 Å². The summed E-state index contributed by atoms with van der Waals surface area (Å²) >= 11 is 0. The monoisotopic (exact) mass is 244 g/mol. The molecule has 0 aromatic heterocycles. The standard InChI is InChI=1S/C16H17FO/c1-2-12-6-5-8-14(10-12)16(18)11-13-7-3-4-9-15(13)17/h3-10,16,18H,2,11H2,1H3. The van der Waals surface area contributed by atoms with Crippen LogP contribution in [0.2, 0.25) is 0 Å². The van der Waals surface area contributed by atoms with Gasteiger partial charge in [-0.05, 0) is 29.2 Å². The minimum atomic E-state index is -0.659. The third-order valence-corrected chi connectivity index (χ3v) is 3.12. The average molecular weight is 244 g/mol. The van der Waals surface area contributed by atoms with Crippen LogP contribution < -0.4 is 0 Å². The van der Waals surface area contributed by atoms with E-state index in [-0.39, 0.29) is 5.82 Å². The van der Waals surface area contributed by atoms with Crippen LogP contribution in [-0.4, -0.2) is 5.11 Å². The van der Waals surface area contributed by atoms with Crippen molar-refractivity contribution in [2.75, 3.05) is 0 Å². The molecule has 0 heterocycles. The van der Waals surface area contributed by atoms with Gasteiger partial charge >= 0.3 is 0 Å². The molecule has 1 unspecified atom stereocenters. The molecule has 1 N–H and O–H groups in total. The smallest absolute Gasteiger partial charge is 0.126 e. The first-order chi connectivity index (χ1) is 8.70. The summed E-state index contributed by atoms with van der Waals surface area (Å²) in [5.41, 5.74) is 2.57. The van der Waals surface area contributed by atoms with E-state index < -0.39 is 6.10 Å². The molecule has 94 valence electrons. The highest BCUT2D eigenvalue weighted by molar-refractivity contribution is 5.27. The van der Waals surface area contributed by atoms with Crippen molar-refractivity contribution in [3.63, 3.8) is 0 Å². The van der Waals surface area contributed by atoms with Gasteiger partial charge in [-0.25, -0.2) is 4.39 Å². The van der Waals surface area contributed by atoms with Crippen LogP contribution in [0.3, 0.4) is 0 Å². The van der Waals surface area contributed by atoms with Crippen LogP contribution >= 0.6 is 0 Å². The van der Waals surface area contributed by atoms with Gasteiger partial charge in [0.25, 0.3) is 0 Å². The fraction of sp³-hybridized carbons (Fsp3) is 0.250. The molecule has 2 heteroatoms. The minimum absolute atomic E-state index is 0.261. The Morgan fingerprint density at radius 1 is 1.11 bits per heavy atom. The summed E-state index contributed by atoms with van der Waals surface area (Å²) in [6.07, 6.45) is 0.577. The van der Waals surface area contributed by atoms with E-state index in [9.17, 15) is 9.50 Å². The molecule has 0 radical (unpaired) electrons. The quantitative estimate of drug-likeness (QED) is 0.870. The third-order valence-electron chi connectivity index (χ3n) is 3.12. The van der Waals surface area contributed by atoms with Gasteiger partial charge in [-0.2, -0.15) is 0 Å². The molecular formula is C16H17FO. The van der Waals surface area contributed by atoms with Crippen LogP contribution in [0.15, 0.2) is 48.5 Å². The normalized spacial score (nSPS) is 12.4. The number of aryl methyl sites for hydroxylation is 1. The van der Waals surface area contributed by atoms with E-state index in [0.29, 0.717) is 12.0 Å². The van der Waals surface area contributed by atoms with Crippen molar-refractivity contribution in [2.24, 2.45) is 0 Å². The summed E-state index contributed by atoms with van der Waals surface area (Å²) in [5, 5.41) is 10.2. The maximum absolute atomic E-state index is 13.5. The van der Waals surface area contributed by atoms with Crippen molar-refractivity contribution < 1.29 is 9.50 Å². The van der Waals surface area contributed by atoms with Crippen LogP contribution in [0.1, 0.15) is 29.7 Å². The molecule has 0 aliphatic rings. The van der Waals surface area contributed by atoms with E-state index in [1.165, 1.54) is 11.6 Å². The number of benzene rings is 2. The highest BCUT2D eigenvalue weighted by Gasteiger charge is 2.11. The molecule has 2 aromatic rings. The van der Waals surface area contributed by atoms with Crippen LogP contribution in [0.4, 0.5) is 4.39 Å². The number of aliphatic hydroxyl groups is 1. The summed E-state index contributed by atoms with van der Waals surface area (Å²) in [4.78, 5) is 0. The molecule has 0 amide bonds. The Morgan fingerprint density at radius 3 is 2.61 bits per heavy atom. The molecular weight excluding hydrogens is 227 g/mol. The lowest BCUT2D eigenvalue weighted by molar-refractivity contribution is 0.177. The third kappa shape index (κ3) is 2.96. The van der Waals surface area contributed by atoms with E-state index in [4.69, 9.17) is 0 Å². The molecule has 18 heavy (non-hydrogen) atoms. The summed E-state index contributed by atoms with van der Waals surface area (Å²) < 4.78 is 13.5. The van der Waals surface area contributed by atoms with Gasteiger partial charge in [0, 0.05) is 6.42 Å². The topological polar surface area (TPSA) is 20.2 Å². The van der Waals surface area contributed by atoms with Crippen molar-refractivity contribution >= 4 is 0 Å². The Morgan fingerprint density at radius 2 is 1.89 bits per heavy atom. The van der Waals surface area contributed by atoms with Gasteiger partial charge in [0.15, 0.2) is 0 Å². The van der Waals surface area contributed by atoms with Crippen LogP contribution in [0, 0.1) is 5.82 Å². The van der Waals surface area contributed by atoms with Gasteiger partial charge < -0.3 is 5.11 Å². The lowest BCUT2D eigenvalue weighted by Gasteiger charge is -2.12. The summed E-state index contributed by atoms with van der Waals surface area (Å²) in [7, 11) is 0. The minimum Gasteiger partial charge on any atom is -0.388 e. The summed E-state index contributed by atoms with van der Waals surface area (Å²) in [6, 6.07) is 14.4. The van der Waals surface area contributed by atoms with Crippen molar-refractivity contribution in [2.45, 2.75) is 25.9 Å². The second-order valence-electron chi connectivity index (χ2n) is 4.41. The van der Waals surface area contributed by atoms with Crippen molar-refractivity contribution in [1.82, 2.24) is 0 Å². The van der Waals surface area contributed by atoms with E-state index in [0.717, 1.165) is 12.0 Å². The molecule has 1 nitrogen and oxygen atoms in total. The van der Waals surface area contributed by atoms with Gasteiger partial charge in [-0.3, -0.25) is 0 Å². The van der Waals surface area contributed by atoms with Crippen molar-refractivity contribution in [3.8, 4) is 0 Å². The van der Waals surface area contributed by atoms with Gasteiger partial charge in [0.1, 0.15) is 5.82 Å². The molecule has 0 fully saturated rings. The second-order valence-corrected chi connectivity index (χ2v) is 4.41. The van der Waals surface area contributed by atoms with Crippen LogP contribution in [-0.2, 0) is 12.8 Å².